The topological polar surface area (TPSA) is 85.7 Å². The number of aromatic nitrogens is 2. The summed E-state index contributed by atoms with van der Waals surface area (Å²) in [6.07, 6.45) is 0. The maximum atomic E-state index is 13.4. The predicted octanol–water partition coefficient (Wildman–Crippen LogP) is 5.66. The average Bonchev–Trinajstić information content (AvgIpc) is 3.55. The van der Waals surface area contributed by atoms with Gasteiger partial charge in [-0.15, -0.1) is 0 Å². The number of hydrogen-bond acceptors (Lipinski definition) is 5. The Kier molecular flexibility index (Phi) is 7.33. The van der Waals surface area contributed by atoms with E-state index in [9.17, 15) is 9.59 Å². The van der Waals surface area contributed by atoms with Crippen LogP contribution in [0.1, 0.15) is 24.2 Å². The van der Waals surface area contributed by atoms with Crippen LogP contribution in [0, 0.1) is 5.92 Å². The second kappa shape index (κ2) is 11.0. The third kappa shape index (κ3) is 5.50. The molecule has 0 spiro atoms. The molecule has 38 heavy (non-hydrogen) atoms. The van der Waals surface area contributed by atoms with Crippen molar-refractivity contribution in [3.8, 4) is 28.4 Å². The molecule has 0 saturated carbocycles. The van der Waals surface area contributed by atoms with Crippen molar-refractivity contribution in [2.75, 3.05) is 25.2 Å². The van der Waals surface area contributed by atoms with Gasteiger partial charge in [0.25, 0.3) is 5.91 Å². The highest BCUT2D eigenvalue weighted by Crippen LogP contribution is 2.33. The Hall–Kier alpha value is -4.30. The van der Waals surface area contributed by atoms with E-state index >= 15 is 0 Å². The van der Waals surface area contributed by atoms with E-state index in [1.54, 1.807) is 35.0 Å². The summed E-state index contributed by atoms with van der Waals surface area (Å²) in [5, 5.41) is 8.15. The number of rotatable bonds is 8. The zero-order valence-corrected chi connectivity index (χ0v) is 21.8. The van der Waals surface area contributed by atoms with Crippen LogP contribution in [-0.2, 0) is 4.79 Å². The molecule has 1 aliphatic rings. The van der Waals surface area contributed by atoms with E-state index in [1.807, 2.05) is 62.4 Å². The fraction of sp³-hybridized carbons (Fsp3) is 0.207. The molecule has 0 atom stereocenters. The lowest BCUT2D eigenvalue weighted by atomic mass is 10.1. The van der Waals surface area contributed by atoms with Crippen molar-refractivity contribution in [1.29, 1.82) is 0 Å². The second-order valence-corrected chi connectivity index (χ2v) is 9.75. The predicted molar refractivity (Wildman–Crippen MR) is 146 cm³/mol. The molecule has 8 nitrogen and oxygen atoms in total. The van der Waals surface area contributed by atoms with Crippen molar-refractivity contribution >= 4 is 29.2 Å². The molecule has 9 heteroatoms. The number of hydrogen-bond donors (Lipinski definition) is 1. The lowest BCUT2D eigenvalue weighted by molar-refractivity contribution is -0.117. The number of para-hydroxylation sites is 1. The van der Waals surface area contributed by atoms with Gasteiger partial charge in [-0.05, 0) is 36.2 Å². The fourth-order valence-electron chi connectivity index (χ4n) is 4.26. The summed E-state index contributed by atoms with van der Waals surface area (Å²) in [7, 11) is 0. The zero-order chi connectivity index (χ0) is 26.6. The SMILES string of the molecule is CC(C)CN(CC(=O)Nc1cc(-c2ccccc2)nn1-c1ccccc1Cl)C(=O)c1ccc2c(c1)OCO2. The monoisotopic (exact) mass is 530 g/mol. The molecule has 4 aromatic rings. The number of halogens is 1. The number of anilines is 1. The quantitative estimate of drug-likeness (QED) is 0.318. The van der Waals surface area contributed by atoms with Crippen LogP contribution in [0.3, 0.4) is 0 Å². The fourth-order valence-corrected chi connectivity index (χ4v) is 4.47. The molecule has 0 fully saturated rings. The van der Waals surface area contributed by atoms with E-state index in [4.69, 9.17) is 26.2 Å². The van der Waals surface area contributed by atoms with E-state index in [1.165, 1.54) is 4.90 Å². The molecule has 1 N–H and O–H groups in total. The standard InChI is InChI=1S/C29H27ClN4O4/c1-19(2)16-33(29(36)21-12-13-25-26(14-21)38-18-37-25)17-28(35)31-27-15-23(20-8-4-3-5-9-20)32-34(27)24-11-7-6-10-22(24)30/h3-15,19H,16-18H2,1-2H3,(H,31,35). The first-order valence-electron chi connectivity index (χ1n) is 12.3. The minimum Gasteiger partial charge on any atom is -0.454 e. The molecule has 0 radical (unpaired) electrons. The largest absolute Gasteiger partial charge is 0.454 e. The number of carbonyl (C=O) groups is 2. The number of benzene rings is 3. The van der Waals surface area contributed by atoms with Crippen molar-refractivity contribution in [3.63, 3.8) is 0 Å². The van der Waals surface area contributed by atoms with Gasteiger partial charge in [0.15, 0.2) is 11.5 Å². The van der Waals surface area contributed by atoms with Crippen LogP contribution >= 0.6 is 11.6 Å². The Balaban J connectivity index is 1.41. The lowest BCUT2D eigenvalue weighted by Crippen LogP contribution is -2.40. The van der Waals surface area contributed by atoms with Crippen molar-refractivity contribution < 1.29 is 19.1 Å². The van der Waals surface area contributed by atoms with Gasteiger partial charge in [0.1, 0.15) is 12.4 Å². The van der Waals surface area contributed by atoms with Crippen molar-refractivity contribution in [1.82, 2.24) is 14.7 Å². The van der Waals surface area contributed by atoms with Gasteiger partial charge in [-0.25, -0.2) is 4.68 Å². The minimum absolute atomic E-state index is 0.120. The summed E-state index contributed by atoms with van der Waals surface area (Å²) in [5.41, 5.74) is 2.63. The Morgan fingerprint density at radius 3 is 2.50 bits per heavy atom. The van der Waals surface area contributed by atoms with Crippen LogP contribution in [0.4, 0.5) is 5.82 Å². The van der Waals surface area contributed by atoms with Crippen molar-refractivity contribution in [3.05, 3.63) is 89.4 Å². The van der Waals surface area contributed by atoms with Crippen molar-refractivity contribution in [2.45, 2.75) is 13.8 Å². The summed E-state index contributed by atoms with van der Waals surface area (Å²) >= 11 is 6.47. The van der Waals surface area contributed by atoms with E-state index < -0.39 is 0 Å². The number of nitrogens with one attached hydrogen (secondary N) is 1. The first kappa shape index (κ1) is 25.4. The average molecular weight is 531 g/mol. The molecule has 2 amide bonds. The minimum atomic E-state index is -0.354. The number of fused-ring (bicyclic) bond motifs is 1. The molecule has 5 rings (SSSR count). The van der Waals surface area contributed by atoms with Gasteiger partial charge < -0.3 is 19.7 Å². The number of ether oxygens (including phenoxy) is 2. The maximum Gasteiger partial charge on any atom is 0.254 e. The van der Waals surface area contributed by atoms with Gasteiger partial charge in [0.05, 0.1) is 16.4 Å². The zero-order valence-electron chi connectivity index (χ0n) is 21.1. The van der Waals surface area contributed by atoms with Gasteiger partial charge in [0.2, 0.25) is 12.7 Å². The van der Waals surface area contributed by atoms with Gasteiger partial charge in [0, 0.05) is 23.7 Å². The highest BCUT2D eigenvalue weighted by atomic mass is 35.5. The summed E-state index contributed by atoms with van der Waals surface area (Å²) < 4.78 is 12.4. The molecule has 194 valence electrons. The number of amides is 2. The molecule has 0 aliphatic carbocycles. The summed E-state index contributed by atoms with van der Waals surface area (Å²) in [6.45, 7) is 4.38. The third-order valence-electron chi connectivity index (χ3n) is 5.95. The second-order valence-electron chi connectivity index (χ2n) is 9.34. The molecule has 1 aliphatic heterocycles. The van der Waals surface area contributed by atoms with Crippen LogP contribution in [-0.4, -0.2) is 46.4 Å². The van der Waals surface area contributed by atoms with Gasteiger partial charge in [-0.2, -0.15) is 5.10 Å². The van der Waals surface area contributed by atoms with Crippen molar-refractivity contribution in [2.24, 2.45) is 5.92 Å². The number of carbonyl (C=O) groups excluding carboxylic acids is 2. The summed E-state index contributed by atoms with van der Waals surface area (Å²) in [6, 6.07) is 23.8. The van der Waals surface area contributed by atoms with E-state index in [2.05, 4.69) is 5.32 Å². The highest BCUT2D eigenvalue weighted by Gasteiger charge is 2.24. The molecular weight excluding hydrogens is 504 g/mol. The number of nitrogens with zero attached hydrogens (tertiary/aromatic N) is 3. The Morgan fingerprint density at radius 1 is 1.00 bits per heavy atom. The van der Waals surface area contributed by atoms with Crippen LogP contribution in [0.25, 0.3) is 16.9 Å². The third-order valence-corrected chi connectivity index (χ3v) is 6.27. The van der Waals surface area contributed by atoms with Gasteiger partial charge >= 0.3 is 0 Å². The van der Waals surface area contributed by atoms with Gasteiger partial charge in [-0.1, -0.05) is 67.9 Å². The lowest BCUT2D eigenvalue weighted by Gasteiger charge is -2.24. The maximum absolute atomic E-state index is 13.4. The Morgan fingerprint density at radius 2 is 1.74 bits per heavy atom. The highest BCUT2D eigenvalue weighted by molar-refractivity contribution is 6.32. The Labute approximate surface area is 225 Å². The first-order chi connectivity index (χ1) is 18.4. The van der Waals surface area contributed by atoms with Crippen LogP contribution in [0.15, 0.2) is 78.9 Å². The molecule has 3 aromatic carbocycles. The van der Waals surface area contributed by atoms with Crippen LogP contribution in [0.5, 0.6) is 11.5 Å². The molecule has 0 unspecified atom stereocenters. The molecule has 2 heterocycles. The molecular formula is C29H27ClN4O4. The van der Waals surface area contributed by atoms with Crippen LogP contribution < -0.4 is 14.8 Å². The summed E-state index contributed by atoms with van der Waals surface area (Å²) in [5.74, 6) is 1.09. The van der Waals surface area contributed by atoms with E-state index in [-0.39, 0.29) is 31.1 Å². The van der Waals surface area contributed by atoms with E-state index in [0.29, 0.717) is 45.8 Å². The van der Waals surface area contributed by atoms with E-state index in [0.717, 1.165) is 5.56 Å². The smallest absolute Gasteiger partial charge is 0.254 e. The molecule has 0 bridgehead atoms. The normalized spacial score (nSPS) is 12.0. The van der Waals surface area contributed by atoms with Crippen LogP contribution in [0.2, 0.25) is 5.02 Å². The molecule has 1 aromatic heterocycles. The van der Waals surface area contributed by atoms with Gasteiger partial charge in [-0.3, -0.25) is 9.59 Å². The molecule has 0 saturated heterocycles. The first-order valence-corrected chi connectivity index (χ1v) is 12.7. The Bertz CT molecular complexity index is 1470. The summed E-state index contributed by atoms with van der Waals surface area (Å²) in [4.78, 5) is 28.3.